The van der Waals surface area contributed by atoms with Gasteiger partial charge in [-0.25, -0.2) is 0 Å². The molecule has 0 radical (unpaired) electrons. The first-order valence-corrected chi connectivity index (χ1v) is 6.97. The van der Waals surface area contributed by atoms with Crippen LogP contribution in [0.25, 0.3) is 0 Å². The fraction of sp³-hybridized carbons (Fsp3) is 0.286. The highest BCUT2D eigenvalue weighted by atomic mass is 35.5. The Morgan fingerprint density at radius 2 is 1.94 bits per heavy atom. The number of benzene rings is 1. The maximum atomic E-state index is 5.91. The van der Waals surface area contributed by atoms with E-state index in [0.29, 0.717) is 18.4 Å². The number of halogens is 1. The van der Waals surface area contributed by atoms with Crippen LogP contribution in [0.3, 0.4) is 0 Å². The van der Waals surface area contributed by atoms with Crippen molar-refractivity contribution in [3.05, 3.63) is 57.2 Å². The zero-order valence-corrected chi connectivity index (χ0v) is 11.3. The molecule has 0 fully saturated rings. The van der Waals surface area contributed by atoms with Crippen LogP contribution in [0.2, 0.25) is 5.02 Å². The molecular weight excluding hydrogens is 250 g/mol. The molecule has 3 heteroatoms. The van der Waals surface area contributed by atoms with Gasteiger partial charge in [-0.05, 0) is 35.1 Å². The third kappa shape index (κ3) is 2.89. The molecule has 2 atom stereocenters. The minimum Gasteiger partial charge on any atom is -0.330 e. The van der Waals surface area contributed by atoms with E-state index < -0.39 is 0 Å². The number of rotatable bonds is 4. The summed E-state index contributed by atoms with van der Waals surface area (Å²) < 4.78 is 0. The molecule has 2 aromatic rings. The first-order chi connectivity index (χ1) is 8.22. The van der Waals surface area contributed by atoms with E-state index in [4.69, 9.17) is 17.3 Å². The predicted octanol–water partition coefficient (Wildman–Crippen LogP) is 4.25. The summed E-state index contributed by atoms with van der Waals surface area (Å²) in [4.78, 5) is 1.36. The van der Waals surface area contributed by atoms with Gasteiger partial charge < -0.3 is 5.73 Å². The van der Waals surface area contributed by atoms with Crippen LogP contribution >= 0.6 is 22.9 Å². The second kappa shape index (κ2) is 5.67. The van der Waals surface area contributed by atoms with Crippen molar-refractivity contribution < 1.29 is 0 Å². The lowest BCUT2D eigenvalue weighted by Crippen LogP contribution is -2.17. The van der Waals surface area contributed by atoms with E-state index in [1.807, 2.05) is 12.1 Å². The summed E-state index contributed by atoms with van der Waals surface area (Å²) in [5.41, 5.74) is 7.20. The van der Waals surface area contributed by atoms with E-state index in [1.165, 1.54) is 10.4 Å². The zero-order valence-electron chi connectivity index (χ0n) is 9.77. The SMILES string of the molecule is CC(c1ccc(Cl)cc1)C(CN)c1cccs1. The zero-order chi connectivity index (χ0) is 12.3. The van der Waals surface area contributed by atoms with Crippen LogP contribution in [-0.4, -0.2) is 6.54 Å². The second-order valence-electron chi connectivity index (χ2n) is 4.20. The molecule has 2 N–H and O–H groups in total. The topological polar surface area (TPSA) is 26.0 Å². The fourth-order valence-electron chi connectivity index (χ4n) is 2.07. The van der Waals surface area contributed by atoms with E-state index in [2.05, 4.69) is 36.6 Å². The van der Waals surface area contributed by atoms with Gasteiger partial charge in [-0.1, -0.05) is 36.7 Å². The molecule has 0 aliphatic carbocycles. The molecule has 1 aromatic carbocycles. The van der Waals surface area contributed by atoms with Crippen LogP contribution in [0.1, 0.15) is 29.2 Å². The highest BCUT2D eigenvalue weighted by molar-refractivity contribution is 7.10. The molecule has 0 aliphatic rings. The van der Waals surface area contributed by atoms with E-state index >= 15 is 0 Å². The molecule has 0 spiro atoms. The van der Waals surface area contributed by atoms with Gasteiger partial charge in [-0.2, -0.15) is 0 Å². The second-order valence-corrected chi connectivity index (χ2v) is 5.61. The molecule has 2 rings (SSSR count). The van der Waals surface area contributed by atoms with Crippen molar-refractivity contribution in [2.75, 3.05) is 6.54 Å². The standard InChI is InChI=1S/C14H16ClNS/c1-10(11-4-6-12(15)7-5-11)13(9-16)14-3-2-8-17-14/h2-8,10,13H,9,16H2,1H3. The molecule has 0 amide bonds. The van der Waals surface area contributed by atoms with Crippen molar-refractivity contribution in [3.8, 4) is 0 Å². The average molecular weight is 266 g/mol. The first kappa shape index (κ1) is 12.6. The number of hydrogen-bond donors (Lipinski definition) is 1. The molecular formula is C14H16ClNS. The van der Waals surface area contributed by atoms with Crippen LogP contribution in [-0.2, 0) is 0 Å². The summed E-state index contributed by atoms with van der Waals surface area (Å²) in [6.07, 6.45) is 0. The van der Waals surface area contributed by atoms with E-state index in [0.717, 1.165) is 5.02 Å². The van der Waals surface area contributed by atoms with Crippen LogP contribution in [0, 0.1) is 0 Å². The Labute approximate surface area is 111 Å². The smallest absolute Gasteiger partial charge is 0.0406 e. The third-order valence-electron chi connectivity index (χ3n) is 3.16. The average Bonchev–Trinajstić information content (AvgIpc) is 2.84. The van der Waals surface area contributed by atoms with E-state index in [1.54, 1.807) is 11.3 Å². The predicted molar refractivity (Wildman–Crippen MR) is 76.0 cm³/mol. The minimum absolute atomic E-state index is 0.385. The van der Waals surface area contributed by atoms with Crippen molar-refractivity contribution in [1.82, 2.24) is 0 Å². The van der Waals surface area contributed by atoms with Crippen molar-refractivity contribution in [3.63, 3.8) is 0 Å². The van der Waals surface area contributed by atoms with Gasteiger partial charge >= 0.3 is 0 Å². The summed E-state index contributed by atoms with van der Waals surface area (Å²) in [5.74, 6) is 0.798. The Morgan fingerprint density at radius 3 is 2.47 bits per heavy atom. The Morgan fingerprint density at radius 1 is 1.24 bits per heavy atom. The fourth-order valence-corrected chi connectivity index (χ4v) is 3.14. The highest BCUT2D eigenvalue weighted by Crippen LogP contribution is 2.34. The van der Waals surface area contributed by atoms with Gasteiger partial charge in [0.2, 0.25) is 0 Å². The van der Waals surface area contributed by atoms with Gasteiger partial charge in [-0.3, -0.25) is 0 Å². The third-order valence-corrected chi connectivity index (χ3v) is 4.42. The van der Waals surface area contributed by atoms with E-state index in [9.17, 15) is 0 Å². The molecule has 2 unspecified atom stereocenters. The van der Waals surface area contributed by atoms with Gasteiger partial charge in [0.05, 0.1) is 0 Å². The summed E-state index contributed by atoms with van der Waals surface area (Å²) in [7, 11) is 0. The van der Waals surface area contributed by atoms with E-state index in [-0.39, 0.29) is 0 Å². The summed E-state index contributed by atoms with van der Waals surface area (Å²) >= 11 is 7.68. The molecule has 1 aromatic heterocycles. The molecule has 0 aliphatic heterocycles. The maximum absolute atomic E-state index is 5.91. The van der Waals surface area contributed by atoms with Gasteiger partial charge in [0.25, 0.3) is 0 Å². The molecule has 0 saturated heterocycles. The summed E-state index contributed by atoms with van der Waals surface area (Å²) in [5, 5.41) is 2.88. The van der Waals surface area contributed by atoms with Crippen molar-refractivity contribution in [2.45, 2.75) is 18.8 Å². The molecule has 0 saturated carbocycles. The number of thiophene rings is 1. The van der Waals surface area contributed by atoms with Crippen molar-refractivity contribution >= 4 is 22.9 Å². The molecule has 0 bridgehead atoms. The van der Waals surface area contributed by atoms with Gasteiger partial charge in [-0.15, -0.1) is 11.3 Å². The Balaban J connectivity index is 2.23. The first-order valence-electron chi connectivity index (χ1n) is 5.71. The molecule has 1 heterocycles. The maximum Gasteiger partial charge on any atom is 0.0406 e. The van der Waals surface area contributed by atoms with Crippen LogP contribution in [0.15, 0.2) is 41.8 Å². The highest BCUT2D eigenvalue weighted by Gasteiger charge is 2.20. The van der Waals surface area contributed by atoms with Crippen LogP contribution in [0.4, 0.5) is 0 Å². The summed E-state index contributed by atoms with van der Waals surface area (Å²) in [6, 6.07) is 12.3. The largest absolute Gasteiger partial charge is 0.330 e. The Hall–Kier alpha value is -0.830. The molecule has 1 nitrogen and oxygen atoms in total. The van der Waals surface area contributed by atoms with Gasteiger partial charge in [0.15, 0.2) is 0 Å². The lowest BCUT2D eigenvalue weighted by atomic mass is 9.86. The van der Waals surface area contributed by atoms with Gasteiger partial charge in [0.1, 0.15) is 0 Å². The normalized spacial score (nSPS) is 14.5. The lowest BCUT2D eigenvalue weighted by Gasteiger charge is -2.22. The minimum atomic E-state index is 0.385. The van der Waals surface area contributed by atoms with Gasteiger partial charge in [0, 0.05) is 22.4 Å². The molecule has 90 valence electrons. The Kier molecular flexibility index (Phi) is 4.21. The summed E-state index contributed by atoms with van der Waals surface area (Å²) in [6.45, 7) is 2.89. The molecule has 17 heavy (non-hydrogen) atoms. The lowest BCUT2D eigenvalue weighted by molar-refractivity contribution is 0.593. The monoisotopic (exact) mass is 265 g/mol. The Bertz CT molecular complexity index is 450. The van der Waals surface area contributed by atoms with Crippen molar-refractivity contribution in [2.24, 2.45) is 5.73 Å². The number of nitrogens with two attached hydrogens (primary N) is 1. The number of hydrogen-bond acceptors (Lipinski definition) is 2. The van der Waals surface area contributed by atoms with Crippen molar-refractivity contribution in [1.29, 1.82) is 0 Å². The quantitative estimate of drug-likeness (QED) is 0.879. The van der Waals surface area contributed by atoms with Crippen LogP contribution < -0.4 is 5.73 Å². The van der Waals surface area contributed by atoms with Crippen LogP contribution in [0.5, 0.6) is 0 Å².